The van der Waals surface area contributed by atoms with Crippen LogP contribution in [0.3, 0.4) is 0 Å². The summed E-state index contributed by atoms with van der Waals surface area (Å²) in [5.41, 5.74) is -1.95. The second kappa shape index (κ2) is 4.66. The first-order valence-corrected chi connectivity index (χ1v) is 4.35. The van der Waals surface area contributed by atoms with E-state index in [0.717, 1.165) is 18.2 Å². The van der Waals surface area contributed by atoms with Gasteiger partial charge in [0.1, 0.15) is 5.69 Å². The lowest BCUT2D eigenvalue weighted by atomic mass is 10.2. The summed E-state index contributed by atoms with van der Waals surface area (Å²) in [5.74, 6) is -1.29. The molecule has 17 heavy (non-hydrogen) atoms. The Kier molecular flexibility index (Phi) is 3.66. The predicted molar refractivity (Wildman–Crippen MR) is 52.1 cm³/mol. The monoisotopic (exact) mass is 270 g/mol. The van der Waals surface area contributed by atoms with Crippen molar-refractivity contribution < 1.29 is 22.5 Å². The molecule has 4 nitrogen and oxygen atoms in total. The summed E-state index contributed by atoms with van der Waals surface area (Å²) in [6.45, 7) is 0. The molecule has 0 spiro atoms. The van der Waals surface area contributed by atoms with E-state index >= 15 is 0 Å². The number of hydrogen-bond donors (Lipinski definition) is 0. The number of para-hydroxylation sites is 1. The van der Waals surface area contributed by atoms with Crippen molar-refractivity contribution in [3.63, 3.8) is 0 Å². The quantitative estimate of drug-likeness (QED) is 0.357. The van der Waals surface area contributed by atoms with Gasteiger partial charge in [0.25, 0.3) is 0 Å². The van der Waals surface area contributed by atoms with Gasteiger partial charge in [0.2, 0.25) is 11.0 Å². The fourth-order valence-corrected chi connectivity index (χ4v) is 1.04. The molecular weight excluding hydrogens is 268 g/mol. The third kappa shape index (κ3) is 3.13. The molecule has 0 N–H and O–H groups in total. The first-order valence-electron chi connectivity index (χ1n) is 3.97. The number of nitro benzene ring substituents is 1. The molecule has 1 aromatic carbocycles. The van der Waals surface area contributed by atoms with E-state index < -0.39 is 33.5 Å². The first-order chi connectivity index (χ1) is 7.73. The largest absolute Gasteiger partial charge is 0.444 e. The van der Waals surface area contributed by atoms with Crippen LogP contribution in [-0.2, 0) is 0 Å². The van der Waals surface area contributed by atoms with Crippen LogP contribution in [0.15, 0.2) is 23.2 Å². The van der Waals surface area contributed by atoms with Crippen molar-refractivity contribution >= 4 is 28.1 Å². The molecule has 92 valence electrons. The zero-order chi connectivity index (χ0) is 13.2. The Morgan fingerprint density at radius 2 is 2.00 bits per heavy atom. The molecule has 0 aliphatic carbocycles. The summed E-state index contributed by atoms with van der Waals surface area (Å²) in [7, 11) is 0. The van der Waals surface area contributed by atoms with Crippen LogP contribution in [-0.4, -0.2) is 16.3 Å². The van der Waals surface area contributed by atoms with Crippen LogP contribution in [0.25, 0.3) is 0 Å². The minimum absolute atomic E-state index is 0.735. The van der Waals surface area contributed by atoms with Crippen LogP contribution in [0.2, 0.25) is 0 Å². The van der Waals surface area contributed by atoms with Gasteiger partial charge >= 0.3 is 11.9 Å². The summed E-state index contributed by atoms with van der Waals surface area (Å²) >= 11 is 4.80. The van der Waals surface area contributed by atoms with Gasteiger partial charge in [0.15, 0.2) is 0 Å². The molecule has 0 aliphatic heterocycles. The van der Waals surface area contributed by atoms with Gasteiger partial charge in [0, 0.05) is 0 Å². The maximum Gasteiger partial charge on any atom is 0.444 e. The van der Waals surface area contributed by atoms with Gasteiger partial charge in [0.05, 0.1) is 4.92 Å². The van der Waals surface area contributed by atoms with E-state index in [1.54, 1.807) is 0 Å². The molecule has 0 aromatic heterocycles. The van der Waals surface area contributed by atoms with Crippen LogP contribution in [0, 0.1) is 15.9 Å². The summed E-state index contributed by atoms with van der Waals surface area (Å²) in [6, 6.07) is 2.58. The molecule has 0 fully saturated rings. The Labute approximate surface area is 96.7 Å². The third-order valence-electron chi connectivity index (χ3n) is 1.60. The molecule has 0 saturated heterocycles. The number of nitrogens with zero attached hydrogens (tertiary/aromatic N) is 2. The van der Waals surface area contributed by atoms with Crippen molar-refractivity contribution in [3.05, 3.63) is 34.1 Å². The van der Waals surface area contributed by atoms with E-state index in [0.29, 0.717) is 0 Å². The third-order valence-corrected chi connectivity index (χ3v) is 1.90. The van der Waals surface area contributed by atoms with E-state index in [4.69, 9.17) is 11.6 Å². The van der Waals surface area contributed by atoms with Gasteiger partial charge in [-0.25, -0.2) is 4.99 Å². The number of aliphatic imine (C=N–C) groups is 1. The highest BCUT2D eigenvalue weighted by molar-refractivity contribution is 6.67. The second-order valence-corrected chi connectivity index (χ2v) is 3.12. The highest BCUT2D eigenvalue weighted by Crippen LogP contribution is 2.32. The predicted octanol–water partition coefficient (Wildman–Crippen LogP) is 3.57. The van der Waals surface area contributed by atoms with E-state index in [2.05, 4.69) is 4.99 Å². The van der Waals surface area contributed by atoms with Crippen molar-refractivity contribution in [1.82, 2.24) is 0 Å². The minimum Gasteiger partial charge on any atom is -0.258 e. The van der Waals surface area contributed by atoms with Crippen molar-refractivity contribution in [1.29, 1.82) is 0 Å². The summed E-state index contributed by atoms with van der Waals surface area (Å²) < 4.78 is 49.1. The summed E-state index contributed by atoms with van der Waals surface area (Å²) in [4.78, 5) is 12.1. The lowest BCUT2D eigenvalue weighted by molar-refractivity contribution is -0.386. The Balaban J connectivity index is 3.34. The molecule has 0 radical (unpaired) electrons. The molecule has 0 aliphatic rings. The Morgan fingerprint density at radius 3 is 2.47 bits per heavy atom. The van der Waals surface area contributed by atoms with Crippen LogP contribution in [0.4, 0.5) is 28.9 Å². The van der Waals surface area contributed by atoms with Crippen molar-refractivity contribution in [2.45, 2.75) is 6.18 Å². The average Bonchev–Trinajstić information content (AvgIpc) is 2.15. The van der Waals surface area contributed by atoms with Crippen LogP contribution >= 0.6 is 11.6 Å². The molecule has 0 bridgehead atoms. The fraction of sp³-hybridized carbons (Fsp3) is 0.125. The Hall–Kier alpha value is -1.70. The molecule has 0 unspecified atom stereocenters. The number of halogens is 5. The lowest BCUT2D eigenvalue weighted by Crippen LogP contribution is -2.16. The van der Waals surface area contributed by atoms with Crippen molar-refractivity contribution in [2.24, 2.45) is 4.99 Å². The molecule has 0 saturated carbocycles. The van der Waals surface area contributed by atoms with Crippen LogP contribution < -0.4 is 0 Å². The van der Waals surface area contributed by atoms with Gasteiger partial charge in [-0.3, -0.25) is 10.1 Å². The highest BCUT2D eigenvalue weighted by atomic mass is 35.5. The molecule has 1 rings (SSSR count). The number of benzene rings is 1. The number of hydrogen-bond acceptors (Lipinski definition) is 3. The zero-order valence-electron chi connectivity index (χ0n) is 7.83. The van der Waals surface area contributed by atoms with Gasteiger partial charge < -0.3 is 0 Å². The zero-order valence-corrected chi connectivity index (χ0v) is 8.59. The number of rotatable bonds is 2. The molecule has 1 aromatic rings. The van der Waals surface area contributed by atoms with Crippen molar-refractivity contribution in [3.8, 4) is 0 Å². The highest BCUT2D eigenvalue weighted by Gasteiger charge is 2.35. The van der Waals surface area contributed by atoms with Crippen LogP contribution in [0.5, 0.6) is 0 Å². The Bertz CT molecular complexity index is 487. The van der Waals surface area contributed by atoms with E-state index in [1.165, 1.54) is 0 Å². The first kappa shape index (κ1) is 13.4. The van der Waals surface area contributed by atoms with Gasteiger partial charge in [-0.05, 0) is 12.1 Å². The molecule has 0 heterocycles. The van der Waals surface area contributed by atoms with Gasteiger partial charge in [-0.15, -0.1) is 0 Å². The Morgan fingerprint density at radius 1 is 1.41 bits per heavy atom. The topological polar surface area (TPSA) is 55.5 Å². The van der Waals surface area contributed by atoms with E-state index in [-0.39, 0.29) is 0 Å². The lowest BCUT2D eigenvalue weighted by Gasteiger charge is -2.03. The number of alkyl halides is 3. The molecule has 9 heteroatoms. The SMILES string of the molecule is O=[N+]([O-])c1c(F)cccc1N=C(Cl)C(F)(F)F. The van der Waals surface area contributed by atoms with E-state index in [1.807, 2.05) is 0 Å². The maximum atomic E-state index is 13.0. The smallest absolute Gasteiger partial charge is 0.258 e. The minimum atomic E-state index is -4.94. The normalized spacial score (nSPS) is 12.6. The second-order valence-electron chi connectivity index (χ2n) is 2.77. The average molecular weight is 271 g/mol. The standard InChI is InChI=1S/C8H3ClF4N2O2/c9-7(8(11,12)13)14-5-3-1-2-4(10)6(5)15(16)17/h1-3H. The molecule has 0 amide bonds. The summed E-state index contributed by atoms with van der Waals surface area (Å²) in [5, 5.41) is 8.63. The fourth-order valence-electron chi connectivity index (χ4n) is 0.944. The summed E-state index contributed by atoms with van der Waals surface area (Å²) in [6.07, 6.45) is -4.94. The van der Waals surface area contributed by atoms with Gasteiger partial charge in [-0.1, -0.05) is 17.7 Å². The van der Waals surface area contributed by atoms with Crippen LogP contribution in [0.1, 0.15) is 0 Å². The van der Waals surface area contributed by atoms with E-state index in [9.17, 15) is 27.7 Å². The van der Waals surface area contributed by atoms with Crippen molar-refractivity contribution in [2.75, 3.05) is 0 Å². The maximum absolute atomic E-state index is 13.0. The number of nitro groups is 1. The molecule has 0 atom stereocenters. The van der Waals surface area contributed by atoms with Gasteiger partial charge in [-0.2, -0.15) is 17.6 Å². The molecular formula is C8H3ClF4N2O2.